The molecule has 7 nitrogen and oxygen atoms in total. The molecule has 6 atom stereocenters. The second kappa shape index (κ2) is 2.81. The van der Waals surface area contributed by atoms with Crippen LogP contribution in [0.4, 0.5) is 0 Å². The van der Waals surface area contributed by atoms with E-state index in [-0.39, 0.29) is 0 Å². The first kappa shape index (κ1) is 10.1. The number of carbonyl (C=O) groups excluding carboxylic acids is 1. The number of rotatable bonds is 1. The Hall–Kier alpha value is -0.380. The van der Waals surface area contributed by atoms with Gasteiger partial charge in [0.2, 0.25) is 6.10 Å². The van der Waals surface area contributed by atoms with Crippen molar-refractivity contribution in [2.45, 2.75) is 28.7 Å². The molecule has 0 amide bonds. The van der Waals surface area contributed by atoms with Gasteiger partial charge in [0, 0.05) is 11.2 Å². The van der Waals surface area contributed by atoms with Crippen molar-refractivity contribution >= 4 is 17.1 Å². The van der Waals surface area contributed by atoms with Crippen LogP contribution in [-0.2, 0) is 20.7 Å². The van der Waals surface area contributed by atoms with E-state index in [1.165, 1.54) is 0 Å². The van der Waals surface area contributed by atoms with E-state index in [2.05, 4.69) is 4.74 Å². The zero-order chi connectivity index (χ0) is 10.7. The molecule has 2 aliphatic heterocycles. The Morgan fingerprint density at radius 1 is 1.43 bits per heavy atom. The summed E-state index contributed by atoms with van der Waals surface area (Å²) in [5.74, 6) is -1.10. The van der Waals surface area contributed by atoms with Gasteiger partial charge in [-0.05, 0) is 0 Å². The number of esters is 1. The molecule has 0 bridgehead atoms. The van der Waals surface area contributed by atoms with Crippen LogP contribution in [0.5, 0.6) is 0 Å². The number of hydrogen-bond donors (Lipinski definition) is 4. The minimum atomic E-state index is -2.15. The molecule has 80 valence electrons. The van der Waals surface area contributed by atoms with Crippen LogP contribution < -0.4 is 0 Å². The van der Waals surface area contributed by atoms with E-state index in [0.29, 0.717) is 0 Å². The first-order chi connectivity index (χ1) is 6.40. The average molecular weight is 224 g/mol. The molecule has 14 heavy (non-hydrogen) atoms. The van der Waals surface area contributed by atoms with Crippen molar-refractivity contribution in [3.63, 3.8) is 0 Å². The fourth-order valence-corrected chi connectivity index (χ4v) is 2.53. The number of carbonyl (C=O) groups is 1. The summed E-state index contributed by atoms with van der Waals surface area (Å²) in [5.41, 5.74) is -1.56. The van der Waals surface area contributed by atoms with Crippen LogP contribution in [0.1, 0.15) is 0 Å². The molecule has 2 heterocycles. The van der Waals surface area contributed by atoms with Crippen LogP contribution in [0.2, 0.25) is 0 Å². The van der Waals surface area contributed by atoms with Crippen LogP contribution in [0.15, 0.2) is 0 Å². The van der Waals surface area contributed by atoms with Crippen LogP contribution in [0.3, 0.4) is 0 Å². The predicted molar refractivity (Wildman–Crippen MR) is 41.0 cm³/mol. The molecule has 2 fully saturated rings. The molecule has 0 saturated carbocycles. The summed E-state index contributed by atoms with van der Waals surface area (Å²) in [6.45, 7) is 0. The highest BCUT2D eigenvalue weighted by Gasteiger charge is 2.81. The third-order valence-electron chi connectivity index (χ3n) is 2.35. The molecule has 0 aromatic rings. The quantitative estimate of drug-likeness (QED) is 0.205. The largest absolute Gasteiger partial charge is 0.611 e. The smallest absolute Gasteiger partial charge is 0.340 e. The van der Waals surface area contributed by atoms with Gasteiger partial charge in [-0.15, -0.1) is 0 Å². The molecule has 8 heteroatoms. The third kappa shape index (κ3) is 1.03. The van der Waals surface area contributed by atoms with Gasteiger partial charge in [-0.2, -0.15) is 0 Å². The van der Waals surface area contributed by atoms with Crippen LogP contribution in [0.25, 0.3) is 0 Å². The molecule has 0 aromatic carbocycles. The van der Waals surface area contributed by atoms with Gasteiger partial charge in [-0.3, -0.25) is 0 Å². The molecule has 0 aliphatic carbocycles. The van der Waals surface area contributed by atoms with E-state index in [9.17, 15) is 19.6 Å². The Bertz CT molecular complexity index is 273. The van der Waals surface area contributed by atoms with Gasteiger partial charge in [-0.1, -0.05) is 0 Å². The monoisotopic (exact) mass is 224 g/mol. The lowest BCUT2D eigenvalue weighted by molar-refractivity contribution is -0.151. The number of aliphatic hydroxyl groups excluding tert-OH is 3. The maximum atomic E-state index is 10.9. The molecule has 2 rings (SSSR count). The maximum absolute atomic E-state index is 10.9. The first-order valence-corrected chi connectivity index (χ1v) is 4.99. The molecule has 2 saturated heterocycles. The summed E-state index contributed by atoms with van der Waals surface area (Å²) < 4.78 is 15.3. The lowest BCUT2D eigenvalue weighted by atomic mass is 10.1. The highest BCUT2D eigenvalue weighted by molar-refractivity contribution is 8.00. The SMILES string of the molecule is O=C1O[C@H]([C@]2(O)C(O)[S+]2[O-])[C@H](O)[C@@H]1O. The molecule has 0 spiro atoms. The highest BCUT2D eigenvalue weighted by atomic mass is 32.2. The van der Waals surface area contributed by atoms with Gasteiger partial charge in [-0.25, -0.2) is 4.79 Å². The van der Waals surface area contributed by atoms with Crippen molar-refractivity contribution in [1.29, 1.82) is 0 Å². The second-order valence-corrected chi connectivity index (χ2v) is 4.89. The van der Waals surface area contributed by atoms with Crippen molar-refractivity contribution in [3.8, 4) is 0 Å². The Kier molecular flexibility index (Phi) is 2.04. The third-order valence-corrected chi connectivity index (χ3v) is 3.96. The Balaban J connectivity index is 2.18. The van der Waals surface area contributed by atoms with E-state index in [1.54, 1.807) is 0 Å². The van der Waals surface area contributed by atoms with Gasteiger partial charge >= 0.3 is 10.9 Å². The van der Waals surface area contributed by atoms with Crippen LogP contribution in [0, 0.1) is 0 Å². The zero-order valence-corrected chi connectivity index (χ0v) is 7.55. The van der Waals surface area contributed by atoms with E-state index < -0.39 is 45.8 Å². The minimum Gasteiger partial charge on any atom is -0.611 e. The summed E-state index contributed by atoms with van der Waals surface area (Å²) in [4.78, 5) is 8.61. The zero-order valence-electron chi connectivity index (χ0n) is 6.73. The number of hydrogen-bond acceptors (Lipinski definition) is 7. The lowest BCUT2D eigenvalue weighted by Crippen LogP contribution is -2.43. The van der Waals surface area contributed by atoms with Crippen LogP contribution in [-0.4, -0.2) is 59.6 Å². The maximum Gasteiger partial charge on any atom is 0.340 e. The van der Waals surface area contributed by atoms with E-state index in [4.69, 9.17) is 10.2 Å². The summed E-state index contributed by atoms with van der Waals surface area (Å²) >= 11 is -1.99. The lowest BCUT2D eigenvalue weighted by Gasteiger charge is -2.13. The number of ether oxygens (including phenoxy) is 1. The predicted octanol–water partition coefficient (Wildman–Crippen LogP) is -3.60. The summed E-state index contributed by atoms with van der Waals surface area (Å²) in [6, 6.07) is 0. The van der Waals surface area contributed by atoms with Crippen molar-refractivity contribution in [2.75, 3.05) is 0 Å². The number of aliphatic hydroxyl groups is 4. The van der Waals surface area contributed by atoms with Gasteiger partial charge < -0.3 is 29.7 Å². The van der Waals surface area contributed by atoms with Crippen molar-refractivity contribution in [1.82, 2.24) is 0 Å². The fraction of sp³-hybridized carbons (Fsp3) is 0.833. The van der Waals surface area contributed by atoms with Gasteiger partial charge in [0.05, 0.1) is 0 Å². The van der Waals surface area contributed by atoms with E-state index in [0.717, 1.165) is 0 Å². The normalized spacial score (nSPS) is 57.2. The van der Waals surface area contributed by atoms with E-state index >= 15 is 0 Å². The summed E-state index contributed by atoms with van der Waals surface area (Å²) in [5, 5.41) is 36.7. The second-order valence-electron chi connectivity index (χ2n) is 3.19. The average Bonchev–Trinajstić information content (AvgIpc) is 2.50. The van der Waals surface area contributed by atoms with Crippen molar-refractivity contribution in [3.05, 3.63) is 0 Å². The molecule has 2 aliphatic rings. The molecule has 4 N–H and O–H groups in total. The first-order valence-electron chi connectivity index (χ1n) is 3.78. The summed E-state index contributed by atoms with van der Waals surface area (Å²) in [7, 11) is 0. The van der Waals surface area contributed by atoms with Crippen molar-refractivity contribution < 1.29 is 34.5 Å². The number of cyclic esters (lactones) is 1. The minimum absolute atomic E-state index is 1.10. The molecular formula is C6H8O7S. The van der Waals surface area contributed by atoms with Crippen LogP contribution >= 0.6 is 0 Å². The molecular weight excluding hydrogens is 216 g/mol. The Morgan fingerprint density at radius 3 is 2.21 bits per heavy atom. The topological polar surface area (TPSA) is 130 Å². The fourth-order valence-electron chi connectivity index (χ4n) is 1.39. The van der Waals surface area contributed by atoms with Gasteiger partial charge in [0.25, 0.3) is 5.44 Å². The Morgan fingerprint density at radius 2 is 1.93 bits per heavy atom. The molecule has 0 aromatic heterocycles. The Labute approximate surface area is 81.1 Å². The highest BCUT2D eigenvalue weighted by Crippen LogP contribution is 2.48. The molecule has 2 unspecified atom stereocenters. The van der Waals surface area contributed by atoms with Gasteiger partial charge in [0.15, 0.2) is 6.10 Å². The summed E-state index contributed by atoms with van der Waals surface area (Å²) in [6.07, 6.45) is -4.98. The standard InChI is InChI=1S/C6H8O7S/c7-1-2(8)4(9)13-3(1)6(11)5(10)14(6)12/h1-3,5,7-8,10-11H/t1-,2+,3+,5?,6-,14?/m1/s1. The van der Waals surface area contributed by atoms with Crippen molar-refractivity contribution in [2.24, 2.45) is 0 Å². The molecule has 0 radical (unpaired) electrons. The van der Waals surface area contributed by atoms with Gasteiger partial charge in [0.1, 0.15) is 6.10 Å². The van der Waals surface area contributed by atoms with E-state index in [1.807, 2.05) is 0 Å².